The van der Waals surface area contributed by atoms with Crippen molar-refractivity contribution in [1.29, 1.82) is 0 Å². The number of aromatic amines is 1. The molecule has 1 saturated heterocycles. The average molecular weight is 228 g/mol. The van der Waals surface area contributed by atoms with Crippen LogP contribution in [0.2, 0.25) is 0 Å². The first-order valence-electron chi connectivity index (χ1n) is 4.86. The lowest BCUT2D eigenvalue weighted by molar-refractivity contribution is -0.173. The minimum atomic E-state index is -0.736. The van der Waals surface area contributed by atoms with Gasteiger partial charge in [0.25, 0.3) is 5.56 Å². The Bertz CT molecular complexity index is 429. The van der Waals surface area contributed by atoms with Crippen LogP contribution < -0.4 is 11.2 Å². The number of hydrogen-bond acceptors (Lipinski definition) is 5. The number of nitrogens with one attached hydrogen (secondary N) is 1. The van der Waals surface area contributed by atoms with Gasteiger partial charge in [0.05, 0.1) is 19.8 Å². The standard InChI is InChI=1S/C9H12N2O5/c12-3-6-4-16-8(5-15-6)11-7(13)1-2-10-9(11)14/h1-2,6,8,12H,3-5H2,(H,10,14). The van der Waals surface area contributed by atoms with E-state index in [9.17, 15) is 9.59 Å². The zero-order valence-corrected chi connectivity index (χ0v) is 8.46. The lowest BCUT2D eigenvalue weighted by Crippen LogP contribution is -2.44. The van der Waals surface area contributed by atoms with Crippen LogP contribution in [-0.4, -0.2) is 40.6 Å². The topological polar surface area (TPSA) is 93.6 Å². The molecule has 0 aliphatic carbocycles. The van der Waals surface area contributed by atoms with Crippen LogP contribution in [-0.2, 0) is 9.47 Å². The van der Waals surface area contributed by atoms with Gasteiger partial charge in [-0.2, -0.15) is 0 Å². The largest absolute Gasteiger partial charge is 0.394 e. The molecule has 2 N–H and O–H groups in total. The van der Waals surface area contributed by atoms with E-state index in [1.54, 1.807) is 0 Å². The van der Waals surface area contributed by atoms with E-state index in [4.69, 9.17) is 14.6 Å². The summed E-state index contributed by atoms with van der Waals surface area (Å²) in [5.74, 6) is 0. The van der Waals surface area contributed by atoms with Crippen LogP contribution in [0, 0.1) is 0 Å². The van der Waals surface area contributed by atoms with Crippen molar-refractivity contribution in [3.63, 3.8) is 0 Å². The second kappa shape index (κ2) is 4.60. The van der Waals surface area contributed by atoms with Crippen molar-refractivity contribution in [3.8, 4) is 0 Å². The number of H-pyrrole nitrogens is 1. The van der Waals surface area contributed by atoms with Gasteiger partial charge in [-0.05, 0) is 0 Å². The Morgan fingerprint density at radius 1 is 1.44 bits per heavy atom. The molecule has 1 aliphatic rings. The van der Waals surface area contributed by atoms with Crippen molar-refractivity contribution in [1.82, 2.24) is 9.55 Å². The van der Waals surface area contributed by atoms with Gasteiger partial charge < -0.3 is 19.6 Å². The third-order valence-corrected chi connectivity index (χ3v) is 2.33. The Hall–Kier alpha value is -1.44. The van der Waals surface area contributed by atoms with Crippen LogP contribution in [0.3, 0.4) is 0 Å². The molecule has 0 bridgehead atoms. The zero-order valence-electron chi connectivity index (χ0n) is 8.46. The Morgan fingerprint density at radius 3 is 2.81 bits per heavy atom. The summed E-state index contributed by atoms with van der Waals surface area (Å²) in [5.41, 5.74) is -0.983. The van der Waals surface area contributed by atoms with Gasteiger partial charge >= 0.3 is 5.69 Å². The molecular weight excluding hydrogens is 216 g/mol. The van der Waals surface area contributed by atoms with Gasteiger partial charge in [0.2, 0.25) is 0 Å². The molecule has 2 unspecified atom stereocenters. The van der Waals surface area contributed by atoms with Gasteiger partial charge in [-0.15, -0.1) is 0 Å². The van der Waals surface area contributed by atoms with Crippen molar-refractivity contribution in [2.75, 3.05) is 19.8 Å². The van der Waals surface area contributed by atoms with Gasteiger partial charge in [-0.25, -0.2) is 9.36 Å². The molecule has 0 radical (unpaired) electrons. The summed E-state index contributed by atoms with van der Waals surface area (Å²) in [5, 5.41) is 8.82. The van der Waals surface area contributed by atoms with E-state index < -0.39 is 23.6 Å². The number of aliphatic hydroxyl groups is 1. The fraction of sp³-hybridized carbons (Fsp3) is 0.556. The fourth-order valence-electron chi connectivity index (χ4n) is 1.49. The predicted octanol–water partition coefficient (Wildman–Crippen LogP) is -1.56. The molecule has 2 atom stereocenters. The highest BCUT2D eigenvalue weighted by molar-refractivity contribution is 4.85. The average Bonchev–Trinajstić information content (AvgIpc) is 2.30. The first-order chi connectivity index (χ1) is 7.72. The van der Waals surface area contributed by atoms with Crippen LogP contribution in [0.15, 0.2) is 21.9 Å². The fourth-order valence-corrected chi connectivity index (χ4v) is 1.49. The van der Waals surface area contributed by atoms with Crippen LogP contribution in [0.5, 0.6) is 0 Å². The zero-order chi connectivity index (χ0) is 11.5. The molecular formula is C9H12N2O5. The van der Waals surface area contributed by atoms with Crippen LogP contribution in [0.4, 0.5) is 0 Å². The molecule has 1 aliphatic heterocycles. The van der Waals surface area contributed by atoms with E-state index in [2.05, 4.69) is 4.98 Å². The molecule has 2 heterocycles. The number of aromatic nitrogens is 2. The Balaban J connectivity index is 2.21. The molecule has 1 aromatic heterocycles. The summed E-state index contributed by atoms with van der Waals surface area (Å²) in [6.07, 6.45) is 0.150. The highest BCUT2D eigenvalue weighted by atomic mass is 16.6. The molecule has 88 valence electrons. The molecule has 7 heteroatoms. The maximum absolute atomic E-state index is 11.4. The van der Waals surface area contributed by atoms with E-state index in [0.29, 0.717) is 0 Å². The number of rotatable bonds is 2. The second-order valence-corrected chi connectivity index (χ2v) is 3.42. The summed E-state index contributed by atoms with van der Waals surface area (Å²) in [4.78, 5) is 25.2. The van der Waals surface area contributed by atoms with Gasteiger partial charge in [0.15, 0.2) is 6.23 Å². The summed E-state index contributed by atoms with van der Waals surface area (Å²) < 4.78 is 11.5. The molecule has 2 rings (SSSR count). The summed E-state index contributed by atoms with van der Waals surface area (Å²) >= 11 is 0. The quantitative estimate of drug-likeness (QED) is 0.638. The minimum Gasteiger partial charge on any atom is -0.394 e. The lowest BCUT2D eigenvalue weighted by Gasteiger charge is -2.28. The third-order valence-electron chi connectivity index (χ3n) is 2.33. The van der Waals surface area contributed by atoms with Crippen molar-refractivity contribution in [3.05, 3.63) is 33.1 Å². The highest BCUT2D eigenvalue weighted by Crippen LogP contribution is 2.12. The van der Waals surface area contributed by atoms with Crippen molar-refractivity contribution in [2.24, 2.45) is 0 Å². The van der Waals surface area contributed by atoms with E-state index in [0.717, 1.165) is 4.57 Å². The first-order valence-corrected chi connectivity index (χ1v) is 4.86. The third kappa shape index (κ3) is 2.06. The van der Waals surface area contributed by atoms with Crippen LogP contribution in [0.1, 0.15) is 6.23 Å². The lowest BCUT2D eigenvalue weighted by atomic mass is 10.3. The van der Waals surface area contributed by atoms with Crippen molar-refractivity contribution < 1.29 is 14.6 Å². The number of aliphatic hydroxyl groups excluding tert-OH is 1. The van der Waals surface area contributed by atoms with Crippen LogP contribution in [0.25, 0.3) is 0 Å². The molecule has 0 amide bonds. The van der Waals surface area contributed by atoms with E-state index in [-0.39, 0.29) is 19.8 Å². The predicted molar refractivity (Wildman–Crippen MR) is 53.1 cm³/mol. The molecule has 16 heavy (non-hydrogen) atoms. The van der Waals surface area contributed by atoms with Gasteiger partial charge in [-0.3, -0.25) is 4.79 Å². The monoisotopic (exact) mass is 228 g/mol. The molecule has 0 saturated carbocycles. The van der Waals surface area contributed by atoms with Gasteiger partial charge in [0.1, 0.15) is 6.10 Å². The normalized spacial score (nSPS) is 25.6. The summed E-state index contributed by atoms with van der Waals surface area (Å²) in [7, 11) is 0. The van der Waals surface area contributed by atoms with E-state index in [1.807, 2.05) is 0 Å². The molecule has 1 fully saturated rings. The molecule has 0 spiro atoms. The Labute approximate surface area is 90.2 Å². The number of ether oxygens (including phenoxy) is 2. The maximum Gasteiger partial charge on any atom is 0.330 e. The van der Waals surface area contributed by atoms with E-state index in [1.165, 1.54) is 12.3 Å². The Morgan fingerprint density at radius 2 is 2.25 bits per heavy atom. The Kier molecular flexibility index (Phi) is 3.18. The maximum atomic E-state index is 11.4. The smallest absolute Gasteiger partial charge is 0.330 e. The SMILES string of the molecule is O=c1cc[nH]c(=O)n1C1COC(CO)CO1. The van der Waals surface area contributed by atoms with Crippen molar-refractivity contribution in [2.45, 2.75) is 12.3 Å². The molecule has 7 nitrogen and oxygen atoms in total. The molecule has 0 aromatic carbocycles. The molecule has 1 aromatic rings. The second-order valence-electron chi connectivity index (χ2n) is 3.42. The van der Waals surface area contributed by atoms with Crippen LogP contribution >= 0.6 is 0 Å². The van der Waals surface area contributed by atoms with E-state index >= 15 is 0 Å². The number of nitrogens with zero attached hydrogens (tertiary/aromatic N) is 1. The van der Waals surface area contributed by atoms with Crippen molar-refractivity contribution >= 4 is 0 Å². The highest BCUT2D eigenvalue weighted by Gasteiger charge is 2.24. The van der Waals surface area contributed by atoms with Gasteiger partial charge in [0, 0.05) is 12.3 Å². The van der Waals surface area contributed by atoms with Gasteiger partial charge in [-0.1, -0.05) is 0 Å². The minimum absolute atomic E-state index is 0.0677. The first kappa shape index (κ1) is 11.1. The summed E-state index contributed by atoms with van der Waals surface area (Å²) in [6, 6.07) is 1.24. The summed E-state index contributed by atoms with van der Waals surface area (Å²) in [6.45, 7) is 0.0763. The number of hydrogen-bond donors (Lipinski definition) is 2.